The number of benzene rings is 2. The van der Waals surface area contributed by atoms with Crippen molar-refractivity contribution in [1.82, 2.24) is 5.32 Å². The molecule has 3 rings (SSSR count). The van der Waals surface area contributed by atoms with Crippen molar-refractivity contribution in [3.05, 3.63) is 68.7 Å². The van der Waals surface area contributed by atoms with E-state index in [1.807, 2.05) is 12.1 Å². The largest absolute Gasteiger partial charge is 0.312 e. The quantitative estimate of drug-likeness (QED) is 0.864. The average molecular weight is 320 g/mol. The van der Waals surface area contributed by atoms with Crippen LogP contribution in [0.25, 0.3) is 0 Å². The lowest BCUT2D eigenvalue weighted by Crippen LogP contribution is -2.23. The first-order valence-corrected chi connectivity index (χ1v) is 7.69. The van der Waals surface area contributed by atoms with Gasteiger partial charge in [-0.2, -0.15) is 0 Å². The predicted octanol–water partition coefficient (Wildman–Crippen LogP) is 4.06. The minimum atomic E-state index is 0.0625. The number of nitrogens with one attached hydrogen (secondary N) is 1. The number of rotatable bonds is 3. The molecule has 2 nitrogen and oxygen atoms in total. The summed E-state index contributed by atoms with van der Waals surface area (Å²) in [5.74, 6) is 0.0625. The SMILES string of the molecule is O=C(Cc1cc(Cl)ccc1Cl)c1ccc2c(c1)CNCC2. The first-order valence-electron chi connectivity index (χ1n) is 6.93. The molecule has 1 aliphatic heterocycles. The lowest BCUT2D eigenvalue weighted by molar-refractivity contribution is 0.0993. The first kappa shape index (κ1) is 14.6. The zero-order valence-electron chi connectivity index (χ0n) is 11.5. The van der Waals surface area contributed by atoms with Crippen LogP contribution in [0.1, 0.15) is 27.0 Å². The number of hydrogen-bond acceptors (Lipinski definition) is 2. The van der Waals surface area contributed by atoms with Crippen LogP contribution in [-0.2, 0) is 19.4 Å². The Morgan fingerprint density at radius 1 is 1.10 bits per heavy atom. The van der Waals surface area contributed by atoms with Crippen LogP contribution in [0, 0.1) is 0 Å². The Morgan fingerprint density at radius 2 is 1.95 bits per heavy atom. The summed E-state index contributed by atoms with van der Waals surface area (Å²) in [4.78, 5) is 12.4. The summed E-state index contributed by atoms with van der Waals surface area (Å²) in [6.45, 7) is 1.83. The van der Waals surface area contributed by atoms with E-state index in [0.717, 1.165) is 30.6 Å². The second-order valence-electron chi connectivity index (χ2n) is 5.25. The summed E-state index contributed by atoms with van der Waals surface area (Å²) in [6, 6.07) is 11.2. The molecule has 0 aliphatic carbocycles. The van der Waals surface area contributed by atoms with Crippen LogP contribution in [0.4, 0.5) is 0 Å². The number of carbonyl (C=O) groups is 1. The summed E-state index contributed by atoms with van der Waals surface area (Å²) >= 11 is 12.1. The maximum atomic E-state index is 12.4. The van der Waals surface area contributed by atoms with E-state index in [-0.39, 0.29) is 12.2 Å². The Morgan fingerprint density at radius 3 is 2.81 bits per heavy atom. The Labute approximate surface area is 134 Å². The zero-order valence-corrected chi connectivity index (χ0v) is 13.0. The number of Topliss-reactive ketones (excluding diaryl/α,β-unsaturated/α-hetero) is 1. The Bertz CT molecular complexity index is 697. The number of halogens is 2. The van der Waals surface area contributed by atoms with Crippen molar-refractivity contribution < 1.29 is 4.79 Å². The van der Waals surface area contributed by atoms with Crippen LogP contribution < -0.4 is 5.32 Å². The molecule has 0 atom stereocenters. The van der Waals surface area contributed by atoms with E-state index in [0.29, 0.717) is 10.0 Å². The number of fused-ring (bicyclic) bond motifs is 1. The predicted molar refractivity (Wildman–Crippen MR) is 86.3 cm³/mol. The molecule has 2 aromatic carbocycles. The molecular weight excluding hydrogens is 305 g/mol. The van der Waals surface area contributed by atoms with Crippen LogP contribution in [-0.4, -0.2) is 12.3 Å². The van der Waals surface area contributed by atoms with Crippen molar-refractivity contribution in [2.24, 2.45) is 0 Å². The van der Waals surface area contributed by atoms with Gasteiger partial charge in [-0.15, -0.1) is 0 Å². The average Bonchev–Trinajstić information content (AvgIpc) is 2.50. The molecule has 0 unspecified atom stereocenters. The summed E-state index contributed by atoms with van der Waals surface area (Å²) in [6.07, 6.45) is 1.29. The van der Waals surface area contributed by atoms with E-state index >= 15 is 0 Å². The van der Waals surface area contributed by atoms with Gasteiger partial charge in [-0.25, -0.2) is 0 Å². The third kappa shape index (κ3) is 3.29. The van der Waals surface area contributed by atoms with E-state index in [1.54, 1.807) is 18.2 Å². The molecule has 0 saturated heterocycles. The van der Waals surface area contributed by atoms with Crippen LogP contribution in [0.2, 0.25) is 10.0 Å². The van der Waals surface area contributed by atoms with Crippen molar-refractivity contribution in [2.45, 2.75) is 19.4 Å². The second kappa shape index (κ2) is 6.18. The number of hydrogen-bond donors (Lipinski definition) is 1. The molecule has 0 aromatic heterocycles. The van der Waals surface area contributed by atoms with Crippen LogP contribution in [0.15, 0.2) is 36.4 Å². The Kier molecular flexibility index (Phi) is 4.29. The fourth-order valence-electron chi connectivity index (χ4n) is 2.61. The van der Waals surface area contributed by atoms with Crippen molar-refractivity contribution in [3.8, 4) is 0 Å². The Balaban J connectivity index is 1.83. The van der Waals surface area contributed by atoms with Gasteiger partial charge in [-0.3, -0.25) is 4.79 Å². The fraction of sp³-hybridized carbons (Fsp3) is 0.235. The van der Waals surface area contributed by atoms with Gasteiger partial charge in [0.25, 0.3) is 0 Å². The van der Waals surface area contributed by atoms with E-state index in [9.17, 15) is 4.79 Å². The van der Waals surface area contributed by atoms with Crippen LogP contribution in [0.3, 0.4) is 0 Å². The van der Waals surface area contributed by atoms with Gasteiger partial charge in [-0.1, -0.05) is 35.3 Å². The van der Waals surface area contributed by atoms with E-state index in [2.05, 4.69) is 11.4 Å². The van der Waals surface area contributed by atoms with Crippen molar-refractivity contribution in [2.75, 3.05) is 6.54 Å². The van der Waals surface area contributed by atoms with Crippen molar-refractivity contribution >= 4 is 29.0 Å². The number of ketones is 1. The van der Waals surface area contributed by atoms with Gasteiger partial charge < -0.3 is 5.32 Å². The third-order valence-electron chi connectivity index (χ3n) is 3.77. The monoisotopic (exact) mass is 319 g/mol. The summed E-state index contributed by atoms with van der Waals surface area (Å²) < 4.78 is 0. The molecule has 0 radical (unpaired) electrons. The van der Waals surface area contributed by atoms with Crippen molar-refractivity contribution in [3.63, 3.8) is 0 Å². The molecule has 0 saturated carbocycles. The highest BCUT2D eigenvalue weighted by molar-refractivity contribution is 6.33. The van der Waals surface area contributed by atoms with E-state index < -0.39 is 0 Å². The fourth-order valence-corrected chi connectivity index (χ4v) is 2.99. The van der Waals surface area contributed by atoms with Gasteiger partial charge in [0.05, 0.1) is 0 Å². The summed E-state index contributed by atoms with van der Waals surface area (Å²) in [5.41, 5.74) is 4.04. The van der Waals surface area contributed by atoms with Gasteiger partial charge in [0.15, 0.2) is 5.78 Å². The molecule has 108 valence electrons. The lowest BCUT2D eigenvalue weighted by Gasteiger charge is -2.17. The molecule has 1 heterocycles. The zero-order chi connectivity index (χ0) is 14.8. The maximum absolute atomic E-state index is 12.4. The summed E-state index contributed by atoms with van der Waals surface area (Å²) in [5, 5.41) is 4.49. The standard InChI is InChI=1S/C17H15Cl2NO/c18-15-3-4-16(19)13(8-15)9-17(21)12-2-1-11-5-6-20-10-14(11)7-12/h1-4,7-8,20H,5-6,9-10H2. The molecule has 1 aliphatic rings. The van der Waals surface area contributed by atoms with Gasteiger partial charge >= 0.3 is 0 Å². The van der Waals surface area contributed by atoms with Crippen LogP contribution in [0.5, 0.6) is 0 Å². The van der Waals surface area contributed by atoms with Gasteiger partial charge in [0.1, 0.15) is 0 Å². The first-order chi connectivity index (χ1) is 10.1. The Hall–Kier alpha value is -1.35. The molecule has 1 N–H and O–H groups in total. The maximum Gasteiger partial charge on any atom is 0.167 e. The molecule has 21 heavy (non-hydrogen) atoms. The highest BCUT2D eigenvalue weighted by Gasteiger charge is 2.14. The molecule has 0 amide bonds. The molecule has 0 bridgehead atoms. The summed E-state index contributed by atoms with van der Waals surface area (Å²) in [7, 11) is 0. The lowest BCUT2D eigenvalue weighted by atomic mass is 9.95. The topological polar surface area (TPSA) is 29.1 Å². The normalized spacial score (nSPS) is 13.8. The van der Waals surface area contributed by atoms with E-state index in [1.165, 1.54) is 11.1 Å². The van der Waals surface area contributed by atoms with Gasteiger partial charge in [0.2, 0.25) is 0 Å². The third-order valence-corrected chi connectivity index (χ3v) is 4.38. The highest BCUT2D eigenvalue weighted by atomic mass is 35.5. The van der Waals surface area contributed by atoms with E-state index in [4.69, 9.17) is 23.2 Å². The molecule has 0 fully saturated rings. The molecular formula is C17H15Cl2NO. The highest BCUT2D eigenvalue weighted by Crippen LogP contribution is 2.23. The molecule has 2 aromatic rings. The molecule has 0 spiro atoms. The van der Waals surface area contributed by atoms with Crippen LogP contribution >= 0.6 is 23.2 Å². The second-order valence-corrected chi connectivity index (χ2v) is 6.09. The van der Waals surface area contributed by atoms with Gasteiger partial charge in [0, 0.05) is 28.6 Å². The molecule has 4 heteroatoms. The minimum Gasteiger partial charge on any atom is -0.312 e. The van der Waals surface area contributed by atoms with Crippen molar-refractivity contribution in [1.29, 1.82) is 0 Å². The minimum absolute atomic E-state index is 0.0625. The number of carbonyl (C=O) groups excluding carboxylic acids is 1. The van der Waals surface area contributed by atoms with Gasteiger partial charge in [-0.05, 0) is 53.9 Å². The smallest absolute Gasteiger partial charge is 0.167 e.